The maximum Gasteiger partial charge on any atom is 0.261 e. The van der Waals surface area contributed by atoms with Crippen LogP contribution in [0.4, 0.5) is 0 Å². The number of carbonyl (C=O) groups excluding carboxylic acids is 1. The molecule has 2 aromatic rings. The van der Waals surface area contributed by atoms with E-state index in [4.69, 9.17) is 10.3 Å². The standard InChI is InChI=1S/C12H12N4O2S/c13-6-1-2-9-3-4-10(19-9)12(17)14-7-5-11-15-8-16-18-11/h3-4,8H,5-7,13H2,(H,14,17). The number of rotatable bonds is 4. The van der Waals surface area contributed by atoms with Crippen molar-refractivity contribution in [1.82, 2.24) is 15.5 Å². The predicted molar refractivity (Wildman–Crippen MR) is 70.6 cm³/mol. The lowest BCUT2D eigenvalue weighted by atomic mass is 10.3. The molecular weight excluding hydrogens is 264 g/mol. The van der Waals surface area contributed by atoms with Crippen molar-refractivity contribution < 1.29 is 9.32 Å². The van der Waals surface area contributed by atoms with E-state index in [1.807, 2.05) is 0 Å². The molecule has 0 bridgehead atoms. The smallest absolute Gasteiger partial charge is 0.261 e. The fourth-order valence-electron chi connectivity index (χ4n) is 1.34. The summed E-state index contributed by atoms with van der Waals surface area (Å²) >= 11 is 1.34. The van der Waals surface area contributed by atoms with Gasteiger partial charge in [-0.2, -0.15) is 4.98 Å². The molecule has 19 heavy (non-hydrogen) atoms. The van der Waals surface area contributed by atoms with E-state index in [0.29, 0.717) is 30.3 Å². The van der Waals surface area contributed by atoms with Crippen molar-refractivity contribution in [3.8, 4) is 11.8 Å². The predicted octanol–water partition coefficient (Wildman–Crippen LogP) is 0.414. The molecule has 2 rings (SSSR count). The first-order valence-corrected chi connectivity index (χ1v) is 6.44. The number of carbonyl (C=O) groups is 1. The van der Waals surface area contributed by atoms with E-state index < -0.39 is 0 Å². The normalized spacial score (nSPS) is 9.74. The van der Waals surface area contributed by atoms with Crippen LogP contribution >= 0.6 is 11.3 Å². The monoisotopic (exact) mass is 276 g/mol. The van der Waals surface area contributed by atoms with E-state index >= 15 is 0 Å². The molecule has 2 aromatic heterocycles. The third-order valence-corrected chi connectivity index (χ3v) is 3.17. The highest BCUT2D eigenvalue weighted by molar-refractivity contribution is 7.14. The average Bonchev–Trinajstić information content (AvgIpc) is 3.07. The van der Waals surface area contributed by atoms with Gasteiger partial charge in [0.25, 0.3) is 5.91 Å². The van der Waals surface area contributed by atoms with Gasteiger partial charge in [-0.1, -0.05) is 17.0 Å². The minimum Gasteiger partial charge on any atom is -0.351 e. The fourth-order valence-corrected chi connectivity index (χ4v) is 2.14. The summed E-state index contributed by atoms with van der Waals surface area (Å²) in [7, 11) is 0. The van der Waals surface area contributed by atoms with Gasteiger partial charge in [-0.05, 0) is 12.1 Å². The molecule has 0 atom stereocenters. The summed E-state index contributed by atoms with van der Waals surface area (Å²) in [6, 6.07) is 3.55. The largest absolute Gasteiger partial charge is 0.351 e. The van der Waals surface area contributed by atoms with E-state index in [1.165, 1.54) is 17.7 Å². The van der Waals surface area contributed by atoms with Crippen molar-refractivity contribution in [3.05, 3.63) is 34.1 Å². The summed E-state index contributed by atoms with van der Waals surface area (Å²) < 4.78 is 4.83. The summed E-state index contributed by atoms with van der Waals surface area (Å²) in [6.45, 7) is 0.756. The average molecular weight is 276 g/mol. The molecule has 1 amide bonds. The van der Waals surface area contributed by atoms with Crippen molar-refractivity contribution in [2.75, 3.05) is 13.1 Å². The maximum absolute atomic E-state index is 11.8. The molecule has 0 saturated carbocycles. The van der Waals surface area contributed by atoms with Crippen LogP contribution in [0.2, 0.25) is 0 Å². The van der Waals surface area contributed by atoms with Crippen molar-refractivity contribution in [2.45, 2.75) is 6.42 Å². The molecular formula is C12H12N4O2S. The lowest BCUT2D eigenvalue weighted by Crippen LogP contribution is -2.24. The minimum absolute atomic E-state index is 0.134. The maximum atomic E-state index is 11.8. The lowest BCUT2D eigenvalue weighted by molar-refractivity contribution is 0.0957. The van der Waals surface area contributed by atoms with Crippen LogP contribution in [0.1, 0.15) is 20.4 Å². The Balaban J connectivity index is 1.84. The van der Waals surface area contributed by atoms with Crippen LogP contribution in [0.25, 0.3) is 0 Å². The molecule has 0 aliphatic heterocycles. The quantitative estimate of drug-likeness (QED) is 0.789. The SMILES string of the molecule is NCC#Cc1ccc(C(=O)NCCc2ncno2)s1. The van der Waals surface area contributed by atoms with Gasteiger partial charge in [0.2, 0.25) is 5.89 Å². The summed E-state index contributed by atoms with van der Waals surface area (Å²) in [5.41, 5.74) is 5.29. The number of amides is 1. The lowest BCUT2D eigenvalue weighted by Gasteiger charge is -2.00. The Kier molecular flexibility index (Phi) is 4.66. The van der Waals surface area contributed by atoms with E-state index in [-0.39, 0.29) is 5.91 Å². The van der Waals surface area contributed by atoms with Crippen molar-refractivity contribution >= 4 is 17.2 Å². The van der Waals surface area contributed by atoms with Crippen LogP contribution in [-0.4, -0.2) is 29.1 Å². The molecule has 0 saturated heterocycles. The highest BCUT2D eigenvalue weighted by Gasteiger charge is 2.08. The van der Waals surface area contributed by atoms with Crippen LogP contribution in [0.5, 0.6) is 0 Å². The van der Waals surface area contributed by atoms with Crippen LogP contribution in [-0.2, 0) is 6.42 Å². The summed E-state index contributed by atoms with van der Waals surface area (Å²) in [5.74, 6) is 6.00. The molecule has 0 aliphatic rings. The molecule has 0 fully saturated rings. The van der Waals surface area contributed by atoms with E-state index in [2.05, 4.69) is 27.3 Å². The Labute approximate surface area is 114 Å². The molecule has 0 radical (unpaired) electrons. The second-order valence-electron chi connectivity index (χ2n) is 3.51. The van der Waals surface area contributed by atoms with Gasteiger partial charge in [-0.25, -0.2) is 0 Å². The molecule has 0 aliphatic carbocycles. The van der Waals surface area contributed by atoms with Gasteiger partial charge in [0, 0.05) is 13.0 Å². The van der Waals surface area contributed by atoms with E-state index in [1.54, 1.807) is 12.1 Å². The number of hydrogen-bond donors (Lipinski definition) is 2. The van der Waals surface area contributed by atoms with Gasteiger partial charge >= 0.3 is 0 Å². The molecule has 0 unspecified atom stereocenters. The zero-order valence-electron chi connectivity index (χ0n) is 10.0. The van der Waals surface area contributed by atoms with Crippen molar-refractivity contribution in [2.24, 2.45) is 5.73 Å². The first-order valence-electron chi connectivity index (χ1n) is 5.62. The van der Waals surface area contributed by atoms with Gasteiger partial charge in [-0.15, -0.1) is 11.3 Å². The Hall–Kier alpha value is -2.17. The first-order chi connectivity index (χ1) is 9.29. The zero-order chi connectivity index (χ0) is 13.5. The van der Waals surface area contributed by atoms with Crippen LogP contribution in [0.15, 0.2) is 23.0 Å². The third-order valence-electron chi connectivity index (χ3n) is 2.17. The van der Waals surface area contributed by atoms with Crippen LogP contribution < -0.4 is 11.1 Å². The van der Waals surface area contributed by atoms with Crippen LogP contribution in [0.3, 0.4) is 0 Å². The number of aromatic nitrogens is 2. The van der Waals surface area contributed by atoms with E-state index in [0.717, 1.165) is 4.88 Å². The summed E-state index contributed by atoms with van der Waals surface area (Å²) in [6.07, 6.45) is 1.84. The highest BCUT2D eigenvalue weighted by Crippen LogP contribution is 2.15. The molecule has 3 N–H and O–H groups in total. The van der Waals surface area contributed by atoms with Crippen molar-refractivity contribution in [3.63, 3.8) is 0 Å². The number of hydrogen-bond acceptors (Lipinski definition) is 6. The highest BCUT2D eigenvalue weighted by atomic mass is 32.1. The number of nitrogens with two attached hydrogens (primary N) is 1. The summed E-state index contributed by atoms with van der Waals surface area (Å²) in [4.78, 5) is 17.1. The second-order valence-corrected chi connectivity index (χ2v) is 4.59. The van der Waals surface area contributed by atoms with Gasteiger partial charge in [-0.3, -0.25) is 4.79 Å². The molecule has 0 aromatic carbocycles. The topological polar surface area (TPSA) is 94.0 Å². The van der Waals surface area contributed by atoms with Crippen molar-refractivity contribution in [1.29, 1.82) is 0 Å². The Morgan fingerprint density at radius 3 is 3.16 bits per heavy atom. The van der Waals surface area contributed by atoms with Gasteiger partial charge in [0.1, 0.15) is 0 Å². The Bertz CT molecular complexity index is 595. The van der Waals surface area contributed by atoms with Gasteiger partial charge in [0.15, 0.2) is 6.33 Å². The number of nitrogens with zero attached hydrogens (tertiary/aromatic N) is 2. The van der Waals surface area contributed by atoms with Gasteiger partial charge in [0.05, 0.1) is 16.3 Å². The number of nitrogens with one attached hydrogen (secondary N) is 1. The molecule has 0 spiro atoms. The molecule has 2 heterocycles. The Morgan fingerprint density at radius 1 is 1.53 bits per heavy atom. The molecule has 98 valence electrons. The Morgan fingerprint density at radius 2 is 2.42 bits per heavy atom. The zero-order valence-corrected chi connectivity index (χ0v) is 10.9. The molecule has 6 nitrogen and oxygen atoms in total. The first kappa shape index (κ1) is 13.3. The fraction of sp³-hybridized carbons (Fsp3) is 0.250. The van der Waals surface area contributed by atoms with Gasteiger partial charge < -0.3 is 15.6 Å². The van der Waals surface area contributed by atoms with E-state index in [9.17, 15) is 4.79 Å². The number of thiophene rings is 1. The third kappa shape index (κ3) is 3.91. The second kappa shape index (κ2) is 6.68. The summed E-state index contributed by atoms with van der Waals surface area (Å²) in [5, 5.41) is 6.27. The minimum atomic E-state index is -0.134. The van der Waals surface area contributed by atoms with Crippen LogP contribution in [0, 0.1) is 11.8 Å². The molecule has 7 heteroatoms.